The van der Waals surface area contributed by atoms with Crippen LogP contribution in [0.2, 0.25) is 0 Å². The Labute approximate surface area is 169 Å². The van der Waals surface area contributed by atoms with Crippen molar-refractivity contribution in [3.63, 3.8) is 0 Å². The molecule has 2 atom stereocenters. The third-order valence-corrected chi connectivity index (χ3v) is 5.11. The van der Waals surface area contributed by atoms with Gasteiger partial charge in [-0.2, -0.15) is 13.2 Å². The zero-order valence-corrected chi connectivity index (χ0v) is 15.7. The van der Waals surface area contributed by atoms with Crippen molar-refractivity contribution in [3.05, 3.63) is 76.9 Å². The number of alkyl halides is 3. The molecule has 2 heterocycles. The highest BCUT2D eigenvalue weighted by atomic mass is 19.4. The summed E-state index contributed by atoms with van der Waals surface area (Å²) in [5, 5.41) is 28.4. The number of carbonyl (C=O) groups excluding carboxylic acids is 1. The number of fused-ring (bicyclic) bond motifs is 1. The zero-order valence-electron chi connectivity index (χ0n) is 15.7. The molecule has 1 aromatic heterocycles. The van der Waals surface area contributed by atoms with Crippen LogP contribution in [0.5, 0.6) is 0 Å². The van der Waals surface area contributed by atoms with Crippen LogP contribution in [0.3, 0.4) is 0 Å². The number of aliphatic hydroxyl groups excluding tert-OH is 2. The molecule has 0 unspecified atom stereocenters. The number of aliphatic hydroxyl groups is 2. The molecule has 1 amide bonds. The van der Waals surface area contributed by atoms with E-state index in [4.69, 9.17) is 0 Å². The summed E-state index contributed by atoms with van der Waals surface area (Å²) in [5.41, 5.74) is -0.339. The Hall–Kier alpha value is -3.24. The molecule has 4 rings (SSSR count). The molecule has 7 nitrogen and oxygen atoms in total. The molecule has 1 aliphatic rings. The van der Waals surface area contributed by atoms with Crippen LogP contribution < -0.4 is 4.90 Å². The van der Waals surface area contributed by atoms with Crippen LogP contribution in [-0.4, -0.2) is 30.9 Å². The van der Waals surface area contributed by atoms with Crippen molar-refractivity contribution >= 4 is 11.6 Å². The van der Waals surface area contributed by atoms with Crippen molar-refractivity contribution in [2.75, 3.05) is 4.90 Å². The van der Waals surface area contributed by atoms with E-state index < -0.39 is 29.9 Å². The number of nitrogens with zero attached hydrogens (tertiary/aromatic N) is 4. The van der Waals surface area contributed by atoms with Gasteiger partial charge in [-0.05, 0) is 35.4 Å². The van der Waals surface area contributed by atoms with Gasteiger partial charge in [-0.1, -0.05) is 18.2 Å². The van der Waals surface area contributed by atoms with Crippen LogP contribution in [0.15, 0.2) is 48.8 Å². The Morgan fingerprint density at radius 1 is 1.10 bits per heavy atom. The standard InChI is InChI=1S/C20H17F3N4O3/c1-26-10-24-25-18(26)17(29)16(28)11-4-2-5-12(8-11)27-9-14-13(19(27)30)6-3-7-15(14)20(21,22)23/h2-8,10,16-17,28-29H,9H2,1H3/t16-,17+/m0/s1. The fourth-order valence-electron chi connectivity index (χ4n) is 3.57. The maximum Gasteiger partial charge on any atom is 0.416 e. The maximum atomic E-state index is 13.3. The Kier molecular flexibility index (Phi) is 4.83. The number of rotatable bonds is 4. The number of hydrogen-bond donors (Lipinski definition) is 2. The van der Waals surface area contributed by atoms with Gasteiger partial charge in [0.25, 0.3) is 5.91 Å². The van der Waals surface area contributed by atoms with Gasteiger partial charge in [-0.25, -0.2) is 0 Å². The van der Waals surface area contributed by atoms with E-state index in [1.54, 1.807) is 25.2 Å². The Morgan fingerprint density at radius 3 is 2.50 bits per heavy atom. The van der Waals surface area contributed by atoms with E-state index in [1.165, 1.54) is 34.0 Å². The largest absolute Gasteiger partial charge is 0.416 e. The number of carbonyl (C=O) groups is 1. The molecule has 30 heavy (non-hydrogen) atoms. The molecule has 0 saturated heterocycles. The molecule has 2 N–H and O–H groups in total. The van der Waals surface area contributed by atoms with E-state index in [0.717, 1.165) is 6.07 Å². The lowest BCUT2D eigenvalue weighted by molar-refractivity contribution is -0.138. The summed E-state index contributed by atoms with van der Waals surface area (Å²) in [6.45, 7) is -0.241. The minimum absolute atomic E-state index is 0.00473. The lowest BCUT2D eigenvalue weighted by Gasteiger charge is -2.21. The number of hydrogen-bond acceptors (Lipinski definition) is 5. The minimum Gasteiger partial charge on any atom is -0.385 e. The lowest BCUT2D eigenvalue weighted by Crippen LogP contribution is -2.23. The Morgan fingerprint density at radius 2 is 1.83 bits per heavy atom. The quantitative estimate of drug-likeness (QED) is 0.680. The molecule has 0 aliphatic carbocycles. The molecule has 0 saturated carbocycles. The van der Waals surface area contributed by atoms with E-state index in [2.05, 4.69) is 10.2 Å². The van der Waals surface area contributed by atoms with Gasteiger partial charge in [0.05, 0.1) is 12.1 Å². The van der Waals surface area contributed by atoms with Gasteiger partial charge in [-0.15, -0.1) is 10.2 Å². The normalized spacial score (nSPS) is 15.9. The van der Waals surface area contributed by atoms with Gasteiger partial charge in [-0.3, -0.25) is 4.79 Å². The molecule has 0 radical (unpaired) electrons. The minimum atomic E-state index is -4.57. The first-order valence-electron chi connectivity index (χ1n) is 8.99. The molecule has 0 spiro atoms. The first-order valence-corrected chi connectivity index (χ1v) is 8.99. The second-order valence-corrected chi connectivity index (χ2v) is 7.01. The van der Waals surface area contributed by atoms with Crippen LogP contribution in [0.25, 0.3) is 0 Å². The van der Waals surface area contributed by atoms with Gasteiger partial charge in [0.1, 0.15) is 18.5 Å². The summed E-state index contributed by atoms with van der Waals surface area (Å²) >= 11 is 0. The van der Waals surface area contributed by atoms with Crippen molar-refractivity contribution < 1.29 is 28.2 Å². The first kappa shape index (κ1) is 20.0. The number of amides is 1. The highest BCUT2D eigenvalue weighted by molar-refractivity contribution is 6.10. The van der Waals surface area contributed by atoms with Crippen molar-refractivity contribution in [2.45, 2.75) is 24.9 Å². The smallest absolute Gasteiger partial charge is 0.385 e. The van der Waals surface area contributed by atoms with E-state index in [0.29, 0.717) is 5.69 Å². The van der Waals surface area contributed by atoms with Gasteiger partial charge in [0.15, 0.2) is 5.82 Å². The second kappa shape index (κ2) is 7.22. The molecule has 0 bridgehead atoms. The Balaban J connectivity index is 1.65. The van der Waals surface area contributed by atoms with E-state index in [9.17, 15) is 28.2 Å². The summed E-state index contributed by atoms with van der Waals surface area (Å²) in [5.74, 6) is -0.413. The van der Waals surface area contributed by atoms with E-state index in [-0.39, 0.29) is 29.1 Å². The van der Waals surface area contributed by atoms with Crippen LogP contribution >= 0.6 is 0 Å². The van der Waals surface area contributed by atoms with Gasteiger partial charge < -0.3 is 19.7 Å². The van der Waals surface area contributed by atoms with Gasteiger partial charge in [0, 0.05) is 18.3 Å². The SMILES string of the molecule is Cn1cnnc1[C@H](O)[C@@H](O)c1cccc(N2Cc3c(cccc3C(F)(F)F)C2=O)c1. The number of aryl methyl sites for hydroxylation is 1. The lowest BCUT2D eigenvalue weighted by atomic mass is 10.0. The van der Waals surface area contributed by atoms with Crippen molar-refractivity contribution in [3.8, 4) is 0 Å². The van der Waals surface area contributed by atoms with Crippen molar-refractivity contribution in [2.24, 2.45) is 7.05 Å². The number of anilines is 1. The fourth-order valence-corrected chi connectivity index (χ4v) is 3.57. The Bertz CT molecular complexity index is 1110. The predicted molar refractivity (Wildman–Crippen MR) is 99.3 cm³/mol. The fraction of sp³-hybridized carbons (Fsp3) is 0.250. The van der Waals surface area contributed by atoms with E-state index >= 15 is 0 Å². The molecular formula is C20H17F3N4O3. The van der Waals surface area contributed by atoms with Gasteiger partial charge in [0.2, 0.25) is 0 Å². The van der Waals surface area contributed by atoms with E-state index in [1.807, 2.05) is 0 Å². The average Bonchev–Trinajstić information content (AvgIpc) is 3.29. The third-order valence-electron chi connectivity index (χ3n) is 5.11. The molecule has 1 aliphatic heterocycles. The zero-order chi connectivity index (χ0) is 21.6. The summed E-state index contributed by atoms with van der Waals surface area (Å²) in [6.07, 6.45) is -5.95. The van der Waals surface area contributed by atoms with Crippen LogP contribution in [0, 0.1) is 0 Å². The third kappa shape index (κ3) is 3.33. The van der Waals surface area contributed by atoms with Crippen LogP contribution in [0.1, 0.15) is 45.1 Å². The molecule has 2 aromatic carbocycles. The topological polar surface area (TPSA) is 91.5 Å². The van der Waals surface area contributed by atoms with Crippen LogP contribution in [0.4, 0.5) is 18.9 Å². The first-order chi connectivity index (χ1) is 14.2. The molecule has 156 valence electrons. The van der Waals surface area contributed by atoms with Crippen molar-refractivity contribution in [1.82, 2.24) is 14.8 Å². The molecule has 10 heteroatoms. The number of halogens is 3. The molecule has 0 fully saturated rings. The number of benzene rings is 2. The second-order valence-electron chi connectivity index (χ2n) is 7.01. The highest BCUT2D eigenvalue weighted by Gasteiger charge is 2.39. The van der Waals surface area contributed by atoms with Gasteiger partial charge >= 0.3 is 6.18 Å². The monoisotopic (exact) mass is 418 g/mol. The highest BCUT2D eigenvalue weighted by Crippen LogP contribution is 2.39. The predicted octanol–water partition coefficient (Wildman–Crippen LogP) is 2.76. The summed E-state index contributed by atoms with van der Waals surface area (Å²) in [6, 6.07) is 9.64. The molecule has 3 aromatic rings. The van der Waals surface area contributed by atoms with Crippen molar-refractivity contribution in [1.29, 1.82) is 0 Å². The number of aromatic nitrogens is 3. The summed E-state index contributed by atoms with van der Waals surface area (Å²) < 4.78 is 41.4. The maximum absolute atomic E-state index is 13.3. The summed E-state index contributed by atoms with van der Waals surface area (Å²) in [4.78, 5) is 14.0. The average molecular weight is 418 g/mol. The molecular weight excluding hydrogens is 401 g/mol. The van der Waals surface area contributed by atoms with Crippen LogP contribution in [-0.2, 0) is 19.8 Å². The summed E-state index contributed by atoms with van der Waals surface area (Å²) in [7, 11) is 1.61.